The van der Waals surface area contributed by atoms with Crippen molar-refractivity contribution in [1.29, 1.82) is 0 Å². The largest absolute Gasteiger partial charge is 0.573 e. The number of hydrogen-bond acceptors (Lipinski definition) is 5. The van der Waals surface area contributed by atoms with Crippen molar-refractivity contribution >= 4 is 22.8 Å². The molecule has 1 aromatic carbocycles. The van der Waals surface area contributed by atoms with Crippen LogP contribution in [0.5, 0.6) is 11.8 Å². The molecule has 1 unspecified atom stereocenters. The van der Waals surface area contributed by atoms with Crippen molar-refractivity contribution in [3.05, 3.63) is 35.5 Å². The first kappa shape index (κ1) is 21.7. The summed E-state index contributed by atoms with van der Waals surface area (Å²) < 4.78 is 54.3. The highest BCUT2D eigenvalue weighted by Gasteiger charge is 2.36. The van der Waals surface area contributed by atoms with E-state index in [0.29, 0.717) is 40.8 Å². The second-order valence-electron chi connectivity index (χ2n) is 7.37. The van der Waals surface area contributed by atoms with E-state index in [0.717, 1.165) is 25.3 Å². The lowest BCUT2D eigenvalue weighted by molar-refractivity contribution is -0.274. The van der Waals surface area contributed by atoms with Crippen molar-refractivity contribution < 1.29 is 27.4 Å². The first-order valence-electron chi connectivity index (χ1n) is 9.78. The van der Waals surface area contributed by atoms with E-state index in [4.69, 9.17) is 21.1 Å². The van der Waals surface area contributed by atoms with Crippen LogP contribution in [0.3, 0.4) is 0 Å². The van der Waals surface area contributed by atoms with E-state index in [1.165, 1.54) is 12.1 Å². The predicted octanol–water partition coefficient (Wildman–Crippen LogP) is 5.65. The maximum Gasteiger partial charge on any atom is 0.573 e. The molecule has 0 amide bonds. The van der Waals surface area contributed by atoms with Crippen LogP contribution in [0.25, 0.3) is 22.3 Å². The second kappa shape index (κ2) is 8.55. The molecule has 3 aromatic rings. The highest BCUT2D eigenvalue weighted by Crippen LogP contribution is 2.45. The first-order chi connectivity index (χ1) is 14.8. The fourth-order valence-corrected chi connectivity index (χ4v) is 4.11. The van der Waals surface area contributed by atoms with E-state index in [2.05, 4.69) is 14.7 Å². The van der Waals surface area contributed by atoms with Crippen LogP contribution in [-0.2, 0) is 4.74 Å². The summed E-state index contributed by atoms with van der Waals surface area (Å²) in [6, 6.07) is 6.12. The van der Waals surface area contributed by atoms with Crippen molar-refractivity contribution in [2.75, 3.05) is 20.8 Å². The molecular formula is C21H21ClF3N3O3. The molecule has 6 nitrogen and oxygen atoms in total. The topological polar surface area (TPSA) is 58.4 Å². The van der Waals surface area contributed by atoms with Crippen LogP contribution >= 0.6 is 11.6 Å². The van der Waals surface area contributed by atoms with Gasteiger partial charge in [-0.3, -0.25) is 4.57 Å². The normalized spacial score (nSPS) is 15.3. The molecule has 0 N–H and O–H groups in total. The Morgan fingerprint density at radius 2 is 1.97 bits per heavy atom. The van der Waals surface area contributed by atoms with Gasteiger partial charge in [-0.2, -0.15) is 4.98 Å². The van der Waals surface area contributed by atoms with Gasteiger partial charge in [0.2, 0.25) is 0 Å². The molecule has 2 aromatic heterocycles. The zero-order valence-electron chi connectivity index (χ0n) is 16.9. The average molecular weight is 456 g/mol. The van der Waals surface area contributed by atoms with E-state index < -0.39 is 6.36 Å². The lowest BCUT2D eigenvalue weighted by Gasteiger charge is -2.20. The van der Waals surface area contributed by atoms with Gasteiger partial charge in [-0.05, 0) is 49.4 Å². The monoisotopic (exact) mass is 455 g/mol. The summed E-state index contributed by atoms with van der Waals surface area (Å²) in [5, 5.41) is 0.112. The molecule has 2 heterocycles. The van der Waals surface area contributed by atoms with Crippen LogP contribution in [0.15, 0.2) is 30.5 Å². The van der Waals surface area contributed by atoms with Gasteiger partial charge in [-0.1, -0.05) is 11.6 Å². The zero-order valence-corrected chi connectivity index (χ0v) is 17.7. The first-order valence-corrected chi connectivity index (χ1v) is 10.2. The van der Waals surface area contributed by atoms with E-state index in [1.807, 2.05) is 4.57 Å². The summed E-state index contributed by atoms with van der Waals surface area (Å²) in [6.07, 6.45) is -0.140. The van der Waals surface area contributed by atoms with Crippen molar-refractivity contribution in [2.24, 2.45) is 5.92 Å². The summed E-state index contributed by atoms with van der Waals surface area (Å²) in [6.45, 7) is 0.593. The lowest BCUT2D eigenvalue weighted by Crippen LogP contribution is -2.17. The van der Waals surface area contributed by atoms with Crippen molar-refractivity contribution in [2.45, 2.75) is 31.7 Å². The van der Waals surface area contributed by atoms with E-state index in [9.17, 15) is 13.2 Å². The number of ether oxygens (including phenoxy) is 3. The number of alkyl halides is 3. The number of hydrogen-bond donors (Lipinski definition) is 0. The van der Waals surface area contributed by atoms with Crippen molar-refractivity contribution in [3.63, 3.8) is 0 Å². The number of aromatic nitrogens is 3. The quantitative estimate of drug-likeness (QED) is 0.439. The van der Waals surface area contributed by atoms with E-state index in [1.54, 1.807) is 26.5 Å². The highest BCUT2D eigenvalue weighted by molar-refractivity contribution is 6.33. The van der Waals surface area contributed by atoms with Crippen LogP contribution in [-0.4, -0.2) is 41.7 Å². The Hall–Kier alpha value is -2.52. The molecule has 0 radical (unpaired) electrons. The van der Waals surface area contributed by atoms with Crippen LogP contribution in [0, 0.1) is 5.92 Å². The number of fused-ring (bicyclic) bond motifs is 1. The third-order valence-electron chi connectivity index (χ3n) is 5.31. The third-order valence-corrected chi connectivity index (χ3v) is 5.62. The molecule has 1 aliphatic carbocycles. The smallest absolute Gasteiger partial charge is 0.468 e. The minimum atomic E-state index is -4.79. The number of halogens is 4. The van der Waals surface area contributed by atoms with Gasteiger partial charge in [-0.15, -0.1) is 13.2 Å². The molecule has 166 valence electrons. The molecule has 1 saturated carbocycles. The van der Waals surface area contributed by atoms with Crippen molar-refractivity contribution in [1.82, 2.24) is 14.5 Å². The molecule has 10 heteroatoms. The third kappa shape index (κ3) is 4.57. The SMILES string of the molecule is COCCC(C1CC1)n1c(OC)nc2c(-c3ccc(OC(F)(F)F)cc3Cl)ccnc21. The number of methoxy groups -OCH3 is 2. The maximum atomic E-state index is 12.5. The average Bonchev–Trinajstić information content (AvgIpc) is 3.48. The molecule has 31 heavy (non-hydrogen) atoms. The van der Waals surface area contributed by atoms with Gasteiger partial charge < -0.3 is 14.2 Å². The number of pyridine rings is 1. The maximum absolute atomic E-state index is 12.5. The van der Waals surface area contributed by atoms with Gasteiger partial charge in [0.05, 0.1) is 12.1 Å². The minimum absolute atomic E-state index is 0.112. The Labute approximate surface area is 181 Å². The molecule has 0 aliphatic heterocycles. The Morgan fingerprint density at radius 1 is 1.19 bits per heavy atom. The number of rotatable bonds is 8. The second-order valence-corrected chi connectivity index (χ2v) is 7.78. The number of nitrogens with zero attached hydrogens (tertiary/aromatic N) is 3. The fraction of sp³-hybridized carbons (Fsp3) is 0.429. The van der Waals surface area contributed by atoms with E-state index >= 15 is 0 Å². The van der Waals surface area contributed by atoms with Gasteiger partial charge in [-0.25, -0.2) is 4.98 Å². The Kier molecular flexibility index (Phi) is 5.98. The summed E-state index contributed by atoms with van der Waals surface area (Å²) >= 11 is 6.32. The minimum Gasteiger partial charge on any atom is -0.468 e. The summed E-state index contributed by atoms with van der Waals surface area (Å²) in [7, 11) is 3.21. The predicted molar refractivity (Wildman–Crippen MR) is 109 cm³/mol. The van der Waals surface area contributed by atoms with E-state index in [-0.39, 0.29) is 16.8 Å². The van der Waals surface area contributed by atoms with Gasteiger partial charge in [0.15, 0.2) is 5.65 Å². The molecule has 0 spiro atoms. The van der Waals surface area contributed by atoms with Crippen LogP contribution in [0.2, 0.25) is 5.02 Å². The van der Waals surface area contributed by atoms with Gasteiger partial charge >= 0.3 is 6.36 Å². The Balaban J connectivity index is 1.79. The molecule has 4 rings (SSSR count). The fourth-order valence-electron chi connectivity index (χ4n) is 3.84. The number of benzene rings is 1. The Bertz CT molecular complexity index is 1080. The van der Waals surface area contributed by atoms with Crippen LogP contribution in [0.4, 0.5) is 13.2 Å². The molecular weight excluding hydrogens is 435 g/mol. The molecule has 0 bridgehead atoms. The highest BCUT2D eigenvalue weighted by atomic mass is 35.5. The van der Waals surface area contributed by atoms with Gasteiger partial charge in [0, 0.05) is 37.1 Å². The molecule has 1 fully saturated rings. The zero-order chi connectivity index (χ0) is 22.2. The summed E-state index contributed by atoms with van der Waals surface area (Å²) in [5.74, 6) is 0.109. The van der Waals surface area contributed by atoms with Crippen LogP contribution in [0.1, 0.15) is 25.3 Å². The molecule has 1 atom stereocenters. The summed E-state index contributed by atoms with van der Waals surface area (Å²) in [5.41, 5.74) is 2.37. The van der Waals surface area contributed by atoms with Crippen molar-refractivity contribution in [3.8, 4) is 22.9 Å². The lowest BCUT2D eigenvalue weighted by atomic mass is 10.1. The standard InChI is InChI=1S/C21H21ClF3N3O3/c1-29-10-8-17(12-3-4-12)28-19-18(27-20(28)30-2)15(7-9-26-19)14-6-5-13(11-16(14)22)31-21(23,24)25/h5-7,9,11-12,17H,3-4,8,10H2,1-2H3. The van der Waals surface area contributed by atoms with Gasteiger partial charge in [0.25, 0.3) is 6.01 Å². The Morgan fingerprint density at radius 3 is 2.58 bits per heavy atom. The molecule has 0 saturated heterocycles. The molecule has 1 aliphatic rings. The van der Waals surface area contributed by atoms with Gasteiger partial charge in [0.1, 0.15) is 11.3 Å². The number of imidazole rings is 1. The van der Waals surface area contributed by atoms with Crippen LogP contribution < -0.4 is 9.47 Å². The summed E-state index contributed by atoms with van der Waals surface area (Å²) in [4.78, 5) is 9.17.